The maximum Gasteiger partial charge on any atom is 0.339 e. The lowest BCUT2D eigenvalue weighted by molar-refractivity contribution is -0.114. The lowest BCUT2D eigenvalue weighted by Crippen LogP contribution is -2.58. The summed E-state index contributed by atoms with van der Waals surface area (Å²) in [5.74, 6) is 0. The molecular weight excluding hydrogens is 444 g/mol. The van der Waals surface area contributed by atoms with E-state index in [9.17, 15) is 13.2 Å². The van der Waals surface area contributed by atoms with E-state index < -0.39 is 27.3 Å². The minimum atomic E-state index is -4.13. The Labute approximate surface area is 187 Å². The first-order valence-corrected chi connectivity index (χ1v) is 11.3. The van der Waals surface area contributed by atoms with Crippen molar-refractivity contribution in [1.82, 2.24) is 10.4 Å². The van der Waals surface area contributed by atoms with Gasteiger partial charge in [-0.2, -0.15) is 8.42 Å². The summed E-state index contributed by atoms with van der Waals surface area (Å²) in [5, 5.41) is 0.811. The highest BCUT2D eigenvalue weighted by Gasteiger charge is 2.30. The topological polar surface area (TPSA) is 128 Å². The van der Waals surface area contributed by atoms with E-state index in [1.807, 2.05) is 30.3 Å². The number of nitrogens with zero attached hydrogens (tertiary/aromatic N) is 1. The predicted octanol–water partition coefficient (Wildman–Crippen LogP) is 0.837. The maximum atomic E-state index is 12.6. The average molecular weight is 469 g/mol. The van der Waals surface area contributed by atoms with Crippen LogP contribution in [-0.4, -0.2) is 48.8 Å². The molecule has 0 bridgehead atoms. The molecule has 0 aliphatic carbocycles. The van der Waals surface area contributed by atoms with Crippen LogP contribution in [0.3, 0.4) is 0 Å². The number of nitrogens with two attached hydrogens (primary N) is 2. The van der Waals surface area contributed by atoms with Gasteiger partial charge in [0.15, 0.2) is 0 Å². The van der Waals surface area contributed by atoms with Crippen LogP contribution in [0.4, 0.5) is 0 Å². The monoisotopic (exact) mass is 468 g/mol. The van der Waals surface area contributed by atoms with E-state index in [0.717, 1.165) is 5.56 Å². The van der Waals surface area contributed by atoms with Crippen LogP contribution in [0.15, 0.2) is 65.6 Å². The van der Waals surface area contributed by atoms with E-state index in [0.29, 0.717) is 0 Å². The maximum absolute atomic E-state index is 12.6. The molecule has 8 nitrogen and oxygen atoms in total. The van der Waals surface area contributed by atoms with Gasteiger partial charge in [0.2, 0.25) is 10.2 Å². The second-order valence-corrected chi connectivity index (χ2v) is 8.68. The number of benzene rings is 2. The SMILES string of the molecule is NCC(NN(Cc1ccccc1)C(CN)C(=S)OS(=O)(=O)c1ccccc1)C(=O)S. The van der Waals surface area contributed by atoms with Crippen molar-refractivity contribution in [3.05, 3.63) is 66.2 Å². The molecule has 0 aliphatic rings. The summed E-state index contributed by atoms with van der Waals surface area (Å²) in [6.45, 7) is 0.164. The molecule has 0 aliphatic heterocycles. The van der Waals surface area contributed by atoms with E-state index in [1.165, 1.54) is 12.1 Å². The average Bonchev–Trinajstić information content (AvgIpc) is 2.73. The number of carbonyl (C=O) groups is 1. The van der Waals surface area contributed by atoms with Crippen LogP contribution in [0.25, 0.3) is 0 Å². The minimum absolute atomic E-state index is 0.0269. The molecule has 0 spiro atoms. The molecule has 30 heavy (non-hydrogen) atoms. The van der Waals surface area contributed by atoms with Gasteiger partial charge in [0.1, 0.15) is 17.0 Å². The molecular formula is C19H24N4O4S3. The summed E-state index contributed by atoms with van der Waals surface area (Å²) in [6.07, 6.45) is 0. The molecule has 0 saturated heterocycles. The second kappa shape index (κ2) is 11.5. The molecule has 0 heterocycles. The first-order valence-electron chi connectivity index (χ1n) is 9.01. The van der Waals surface area contributed by atoms with Crippen LogP contribution in [0, 0.1) is 0 Å². The van der Waals surface area contributed by atoms with Crippen LogP contribution in [0.5, 0.6) is 0 Å². The Bertz CT molecular complexity index is 943. The van der Waals surface area contributed by atoms with Gasteiger partial charge in [-0.05, 0) is 29.9 Å². The number of carbonyl (C=O) groups excluding carboxylic acids is 1. The van der Waals surface area contributed by atoms with Crippen LogP contribution >= 0.6 is 24.8 Å². The number of hydrazine groups is 1. The van der Waals surface area contributed by atoms with E-state index >= 15 is 0 Å². The summed E-state index contributed by atoms with van der Waals surface area (Å²) < 4.78 is 30.3. The number of thiocarbonyl (C=S) groups is 1. The zero-order valence-corrected chi connectivity index (χ0v) is 18.6. The fourth-order valence-corrected chi connectivity index (χ4v) is 4.15. The zero-order valence-electron chi connectivity index (χ0n) is 16.0. The molecule has 0 saturated carbocycles. The number of nitrogens with one attached hydrogen (secondary N) is 1. The van der Waals surface area contributed by atoms with Crippen molar-refractivity contribution in [2.24, 2.45) is 11.5 Å². The molecule has 0 aromatic heterocycles. The number of hydrogen-bond acceptors (Lipinski definition) is 9. The van der Waals surface area contributed by atoms with Gasteiger partial charge in [-0.1, -0.05) is 48.5 Å². The van der Waals surface area contributed by atoms with Crippen molar-refractivity contribution in [3.63, 3.8) is 0 Å². The number of hydrogen-bond donors (Lipinski definition) is 4. The van der Waals surface area contributed by atoms with Gasteiger partial charge >= 0.3 is 10.1 Å². The summed E-state index contributed by atoms with van der Waals surface area (Å²) in [7, 11) is -4.13. The minimum Gasteiger partial charge on any atom is -0.370 e. The summed E-state index contributed by atoms with van der Waals surface area (Å²) in [6, 6.07) is 15.3. The van der Waals surface area contributed by atoms with E-state index in [4.69, 9.17) is 27.9 Å². The molecule has 0 radical (unpaired) electrons. The van der Waals surface area contributed by atoms with Crippen molar-refractivity contribution >= 4 is 45.1 Å². The number of rotatable bonds is 11. The standard InChI is InChI=1S/C19H24N4O4S3/c20-11-16(18(24)28)22-23(13-14-7-3-1-4-8-14)17(12-21)19(29)27-30(25,26)15-9-5-2-6-10-15/h1-10,16-17,22H,11-13,20-21H2,(H,24,28). The van der Waals surface area contributed by atoms with Gasteiger partial charge in [0, 0.05) is 19.6 Å². The highest BCUT2D eigenvalue weighted by Crippen LogP contribution is 2.16. The Morgan fingerprint density at radius 3 is 2.13 bits per heavy atom. The van der Waals surface area contributed by atoms with Crippen molar-refractivity contribution in [1.29, 1.82) is 0 Å². The third-order valence-electron chi connectivity index (χ3n) is 4.15. The van der Waals surface area contributed by atoms with Gasteiger partial charge in [0.05, 0.1) is 0 Å². The molecule has 0 amide bonds. The molecule has 2 rings (SSSR count). The smallest absolute Gasteiger partial charge is 0.339 e. The second-order valence-electron chi connectivity index (χ2n) is 6.29. The lowest BCUT2D eigenvalue weighted by atomic mass is 10.2. The van der Waals surface area contributed by atoms with E-state index in [-0.39, 0.29) is 29.6 Å². The molecule has 2 aromatic carbocycles. The summed E-state index contributed by atoms with van der Waals surface area (Å²) >= 11 is 9.11. The molecule has 162 valence electrons. The fourth-order valence-electron chi connectivity index (χ4n) is 2.58. The fraction of sp³-hybridized carbons (Fsp3) is 0.263. The largest absolute Gasteiger partial charge is 0.370 e. The van der Waals surface area contributed by atoms with Gasteiger partial charge < -0.3 is 15.7 Å². The third kappa shape index (κ3) is 6.84. The van der Waals surface area contributed by atoms with Gasteiger partial charge in [-0.3, -0.25) is 4.79 Å². The first kappa shape index (κ1) is 24.4. The molecule has 2 unspecified atom stereocenters. The molecule has 5 N–H and O–H groups in total. The third-order valence-corrected chi connectivity index (χ3v) is 6.17. The van der Waals surface area contributed by atoms with Gasteiger partial charge in [-0.25, -0.2) is 10.4 Å². The Morgan fingerprint density at radius 1 is 1.07 bits per heavy atom. The highest BCUT2D eigenvalue weighted by atomic mass is 32.2. The first-order chi connectivity index (χ1) is 14.3. The summed E-state index contributed by atoms with van der Waals surface area (Å²) in [5.41, 5.74) is 15.4. The Balaban J connectivity index is 2.28. The van der Waals surface area contributed by atoms with Crippen molar-refractivity contribution in [2.45, 2.75) is 23.5 Å². The summed E-state index contributed by atoms with van der Waals surface area (Å²) in [4.78, 5) is 11.7. The molecule has 11 heteroatoms. The van der Waals surface area contributed by atoms with Crippen LogP contribution in [0.1, 0.15) is 5.56 Å². The molecule has 2 aromatic rings. The highest BCUT2D eigenvalue weighted by molar-refractivity contribution is 7.96. The van der Waals surface area contributed by atoms with Crippen LogP contribution in [-0.2, 0) is 25.6 Å². The van der Waals surface area contributed by atoms with Gasteiger partial charge in [-0.15, -0.1) is 12.6 Å². The van der Waals surface area contributed by atoms with E-state index in [2.05, 4.69) is 18.1 Å². The molecule has 2 atom stereocenters. The quantitative estimate of drug-likeness (QED) is 0.164. The normalized spacial score (nSPS) is 13.6. The van der Waals surface area contributed by atoms with E-state index in [1.54, 1.807) is 23.2 Å². The molecule has 0 fully saturated rings. The Kier molecular flexibility index (Phi) is 9.37. The predicted molar refractivity (Wildman–Crippen MR) is 122 cm³/mol. The van der Waals surface area contributed by atoms with Crippen molar-refractivity contribution in [3.8, 4) is 0 Å². The lowest BCUT2D eigenvalue weighted by Gasteiger charge is -2.33. The number of thiol groups is 1. The van der Waals surface area contributed by atoms with Crippen molar-refractivity contribution in [2.75, 3.05) is 13.1 Å². The Hall–Kier alpha value is -1.86. The van der Waals surface area contributed by atoms with Gasteiger partial charge in [0.25, 0.3) is 0 Å². The zero-order chi connectivity index (χ0) is 22.1. The van der Waals surface area contributed by atoms with Crippen LogP contribution < -0.4 is 16.9 Å². The Morgan fingerprint density at radius 2 is 1.63 bits per heavy atom. The van der Waals surface area contributed by atoms with Crippen molar-refractivity contribution < 1.29 is 17.4 Å². The van der Waals surface area contributed by atoms with Crippen LogP contribution in [0.2, 0.25) is 0 Å².